The Labute approximate surface area is 88.9 Å². The second kappa shape index (κ2) is 3.44. The summed E-state index contributed by atoms with van der Waals surface area (Å²) in [5.74, 6) is -13.1. The molecule has 0 nitrogen and oxygen atoms in total. The normalized spacial score (nSPS) is 15.9. The third kappa shape index (κ3) is 2.13. The van der Waals surface area contributed by atoms with Gasteiger partial charge in [-0.15, -0.1) is 0 Å². The third-order valence-electron chi connectivity index (χ3n) is 1.30. The van der Waals surface area contributed by atoms with Gasteiger partial charge in [-0.25, -0.2) is 0 Å². The van der Waals surface area contributed by atoms with Crippen molar-refractivity contribution in [2.75, 3.05) is 0 Å². The summed E-state index contributed by atoms with van der Waals surface area (Å²) in [6.07, 6.45) is -6.70. The van der Waals surface area contributed by atoms with E-state index >= 15 is 0 Å². The van der Waals surface area contributed by atoms with Crippen LogP contribution < -0.4 is 0 Å². The molecule has 0 saturated carbocycles. The average Bonchev–Trinajstić information content (AvgIpc) is 1.81. The zero-order chi connectivity index (χ0) is 12.0. The quantitative estimate of drug-likeness (QED) is 0.515. The van der Waals surface area contributed by atoms with E-state index in [0.29, 0.717) is 0 Å². The molecule has 0 spiro atoms. The topological polar surface area (TPSA) is 0 Å². The van der Waals surface area contributed by atoms with Crippen molar-refractivity contribution >= 4 is 27.9 Å². The van der Waals surface area contributed by atoms with Gasteiger partial charge in [0.15, 0.2) is 0 Å². The molecule has 0 radical (unpaired) electrons. The molecule has 10 heteroatoms. The molecule has 0 bridgehead atoms. The first-order valence-electron chi connectivity index (χ1n) is 2.95. The second-order valence-electron chi connectivity index (χ2n) is 2.53. The summed E-state index contributed by atoms with van der Waals surface area (Å²) in [6, 6.07) is 0. The molecule has 0 unspecified atom stereocenters. The van der Waals surface area contributed by atoms with Crippen LogP contribution in [-0.2, 0) is 0 Å². The summed E-state index contributed by atoms with van der Waals surface area (Å²) >= 11 is -1.81. The molecule has 0 aromatic heterocycles. The van der Waals surface area contributed by atoms with Gasteiger partial charge >= 0.3 is 88.6 Å². The Kier molecular flexibility index (Phi) is 3.54. The standard InChI is InChI=1S/C4F9.Na/c5-1(6)2(7,8)3(9,10)4(11,12)13;. The maximum absolute atomic E-state index is 12.0. The van der Waals surface area contributed by atoms with E-state index in [-0.39, 0.29) is 0 Å². The number of halogens is 9. The van der Waals surface area contributed by atoms with Crippen molar-refractivity contribution in [1.29, 1.82) is 0 Å². The van der Waals surface area contributed by atoms with Gasteiger partial charge in [0, 0.05) is 0 Å². The van der Waals surface area contributed by atoms with Gasteiger partial charge in [0.1, 0.15) is 0 Å². The molecular weight excluding hydrogens is 242 g/mol. The molecule has 0 rings (SSSR count). The van der Waals surface area contributed by atoms with Gasteiger partial charge in [0.25, 0.3) is 0 Å². The Hall–Kier alpha value is 0.370. The molecule has 0 aliphatic heterocycles. The number of rotatable bonds is 2. The zero-order valence-corrected chi connectivity index (χ0v) is 8.40. The van der Waals surface area contributed by atoms with Crippen LogP contribution in [0.25, 0.3) is 0 Å². The van der Waals surface area contributed by atoms with E-state index in [0.717, 1.165) is 0 Å². The Morgan fingerprint density at radius 3 is 0.929 bits per heavy atom. The van der Waals surface area contributed by atoms with Crippen LogP contribution in [0.1, 0.15) is 0 Å². The van der Waals surface area contributed by atoms with Crippen LogP contribution in [0.15, 0.2) is 0 Å². The number of hydrogen-bond donors (Lipinski definition) is 0. The molecule has 0 aliphatic rings. The van der Waals surface area contributed by atoms with Crippen molar-refractivity contribution in [2.24, 2.45) is 0 Å². The number of alkyl halides is 9. The molecule has 14 heavy (non-hydrogen) atoms. The molecule has 80 valence electrons. The monoisotopic (exact) mass is 242 g/mol. The van der Waals surface area contributed by atoms with Crippen LogP contribution >= 0.6 is 0 Å². The first kappa shape index (κ1) is 14.4. The molecule has 0 amide bonds. The van der Waals surface area contributed by atoms with Crippen LogP contribution in [0, 0.1) is 0 Å². The second-order valence-corrected chi connectivity index (χ2v) is 3.79. The first-order chi connectivity index (χ1) is 5.75. The van der Waals surface area contributed by atoms with E-state index < -0.39 is 49.1 Å². The fourth-order valence-corrected chi connectivity index (χ4v) is 0.768. The van der Waals surface area contributed by atoms with Crippen LogP contribution in [0.3, 0.4) is 0 Å². The summed E-state index contributed by atoms with van der Waals surface area (Å²) in [5, 5.41) is 0. The van der Waals surface area contributed by atoms with Gasteiger partial charge in [-0.3, -0.25) is 0 Å². The van der Waals surface area contributed by atoms with Crippen molar-refractivity contribution in [3.8, 4) is 0 Å². The van der Waals surface area contributed by atoms with Gasteiger partial charge in [-0.1, -0.05) is 0 Å². The van der Waals surface area contributed by atoms with Gasteiger partial charge < -0.3 is 0 Å². The Morgan fingerprint density at radius 1 is 0.571 bits per heavy atom. The number of hydrogen-bond acceptors (Lipinski definition) is 0. The molecule has 0 N–H and O–H groups in total. The van der Waals surface area contributed by atoms with Crippen molar-refractivity contribution in [1.82, 2.24) is 0 Å². The van der Waals surface area contributed by atoms with Gasteiger partial charge in [-0.05, 0) is 0 Å². The van der Waals surface area contributed by atoms with Gasteiger partial charge in [0.05, 0.1) is 0 Å². The van der Waals surface area contributed by atoms with E-state index in [1.54, 1.807) is 0 Å². The zero-order valence-electron chi connectivity index (χ0n) is 6.40. The van der Waals surface area contributed by atoms with Crippen molar-refractivity contribution < 1.29 is 39.5 Å². The minimum atomic E-state index is -6.73. The van der Waals surface area contributed by atoms with E-state index in [1.807, 2.05) is 0 Å². The molecule has 0 aromatic rings. The Morgan fingerprint density at radius 2 is 0.857 bits per heavy atom. The summed E-state index contributed by atoms with van der Waals surface area (Å²) in [7, 11) is 0. The minimum absolute atomic E-state index is 1.81. The van der Waals surface area contributed by atoms with E-state index in [1.165, 1.54) is 0 Å². The molecule has 0 atom stereocenters. The fraction of sp³-hybridized carbons (Fsp3) is 1.00. The van der Waals surface area contributed by atoms with E-state index in [4.69, 9.17) is 0 Å². The van der Waals surface area contributed by atoms with Crippen LogP contribution in [0.4, 0.5) is 39.5 Å². The summed E-state index contributed by atoms with van der Waals surface area (Å²) < 4.78 is 100. The SMILES string of the molecule is FC(F)(F)C(F)(F)C(F)(F)[C](F)(F)[Na]. The van der Waals surface area contributed by atoms with Gasteiger partial charge in [-0.2, -0.15) is 0 Å². The molecule has 0 heterocycles. The third-order valence-corrected chi connectivity index (χ3v) is 1.93. The van der Waals surface area contributed by atoms with Crippen molar-refractivity contribution in [3.63, 3.8) is 0 Å². The first-order valence-corrected chi connectivity index (χ1v) is 3.95. The Bertz CT molecular complexity index is 186. The van der Waals surface area contributed by atoms with E-state index in [2.05, 4.69) is 0 Å². The van der Waals surface area contributed by atoms with Crippen molar-refractivity contribution in [2.45, 2.75) is 21.2 Å². The predicted octanol–water partition coefficient (Wildman–Crippen LogP) is 2.58. The average molecular weight is 242 g/mol. The summed E-state index contributed by atoms with van der Waals surface area (Å²) in [6.45, 7) is 0. The van der Waals surface area contributed by atoms with Crippen LogP contribution in [0.5, 0.6) is 0 Å². The molecule has 0 aliphatic carbocycles. The molecule has 0 fully saturated rings. The maximum atomic E-state index is 12.0. The molecule has 0 aromatic carbocycles. The van der Waals surface area contributed by atoms with Crippen LogP contribution in [-0.4, -0.2) is 49.1 Å². The summed E-state index contributed by atoms with van der Waals surface area (Å²) in [5.41, 5.74) is 0. The van der Waals surface area contributed by atoms with E-state index in [9.17, 15) is 39.5 Å². The van der Waals surface area contributed by atoms with Crippen LogP contribution in [0.2, 0.25) is 0 Å². The Balaban J connectivity index is 5.30. The molecule has 0 saturated heterocycles. The van der Waals surface area contributed by atoms with Crippen molar-refractivity contribution in [3.05, 3.63) is 0 Å². The predicted molar refractivity (Wildman–Crippen MR) is 26.6 cm³/mol. The fourth-order valence-electron chi connectivity index (χ4n) is 0.454. The summed E-state index contributed by atoms with van der Waals surface area (Å²) in [4.78, 5) is 0. The molecular formula is C4F9Na. The van der Waals surface area contributed by atoms with Gasteiger partial charge in [0.2, 0.25) is 0 Å².